The van der Waals surface area contributed by atoms with Crippen LogP contribution >= 0.6 is 0 Å². The number of aromatic amines is 1. The monoisotopic (exact) mass is 442 g/mol. The number of nitrogens with zero attached hydrogens (tertiary/aromatic N) is 3. The molecule has 32 heavy (non-hydrogen) atoms. The van der Waals surface area contributed by atoms with E-state index in [-0.39, 0.29) is 17.8 Å². The second-order valence-electron chi connectivity index (χ2n) is 7.37. The van der Waals surface area contributed by atoms with Crippen molar-refractivity contribution in [1.29, 1.82) is 0 Å². The molecule has 7 nitrogen and oxygen atoms in total. The van der Waals surface area contributed by atoms with Crippen LogP contribution in [0.4, 0.5) is 24.7 Å². The molecule has 0 aliphatic heterocycles. The highest BCUT2D eigenvalue weighted by atomic mass is 19.4. The fourth-order valence-electron chi connectivity index (χ4n) is 3.45. The van der Waals surface area contributed by atoms with E-state index in [1.165, 1.54) is 23.7 Å². The number of nitrogens with one attached hydrogen (secondary N) is 3. The van der Waals surface area contributed by atoms with Gasteiger partial charge in [-0.2, -0.15) is 23.4 Å². The van der Waals surface area contributed by atoms with Crippen LogP contribution in [0.2, 0.25) is 0 Å². The van der Waals surface area contributed by atoms with E-state index in [0.717, 1.165) is 40.5 Å². The van der Waals surface area contributed by atoms with Crippen molar-refractivity contribution >= 4 is 28.3 Å². The average molecular weight is 442 g/mol. The number of H-pyrrole nitrogens is 1. The standard InChI is InChI=1S/C22H21F3N6O/c1-3-26-21-17-7-5-14(8-19(17)29-30-21)15-10-27-31(11-15)12-20(32)28-16-6-4-13(2)18(9-16)22(23,24)25/h4-11H,3,12H2,1-2H3,(H,28,32)(H2,26,29,30). The highest BCUT2D eigenvalue weighted by Gasteiger charge is 2.32. The van der Waals surface area contributed by atoms with Gasteiger partial charge in [-0.15, -0.1) is 0 Å². The van der Waals surface area contributed by atoms with Gasteiger partial charge in [-0.3, -0.25) is 14.6 Å². The van der Waals surface area contributed by atoms with Crippen LogP contribution < -0.4 is 10.6 Å². The van der Waals surface area contributed by atoms with Gasteiger partial charge in [0.25, 0.3) is 0 Å². The van der Waals surface area contributed by atoms with Gasteiger partial charge in [0.15, 0.2) is 5.82 Å². The van der Waals surface area contributed by atoms with E-state index in [4.69, 9.17) is 0 Å². The number of hydrogen-bond acceptors (Lipinski definition) is 4. The van der Waals surface area contributed by atoms with E-state index < -0.39 is 17.6 Å². The molecule has 0 spiro atoms. The van der Waals surface area contributed by atoms with Crippen molar-refractivity contribution in [3.8, 4) is 11.1 Å². The molecule has 2 aromatic heterocycles. The predicted octanol–water partition coefficient (Wildman–Crippen LogP) is 4.82. The Morgan fingerprint density at radius 2 is 1.97 bits per heavy atom. The third kappa shape index (κ3) is 4.43. The Labute approximate surface area is 181 Å². The lowest BCUT2D eigenvalue weighted by molar-refractivity contribution is -0.138. The maximum absolute atomic E-state index is 13.1. The minimum atomic E-state index is -4.48. The third-order valence-corrected chi connectivity index (χ3v) is 5.01. The summed E-state index contributed by atoms with van der Waals surface area (Å²) in [4.78, 5) is 12.3. The number of anilines is 2. The van der Waals surface area contributed by atoms with Crippen LogP contribution in [0.15, 0.2) is 48.8 Å². The first-order valence-electron chi connectivity index (χ1n) is 9.97. The van der Waals surface area contributed by atoms with E-state index in [0.29, 0.717) is 0 Å². The molecule has 2 heterocycles. The summed E-state index contributed by atoms with van der Waals surface area (Å²) >= 11 is 0. The number of carbonyl (C=O) groups is 1. The molecule has 0 saturated carbocycles. The zero-order valence-electron chi connectivity index (χ0n) is 17.4. The molecule has 166 valence electrons. The molecule has 0 atom stereocenters. The van der Waals surface area contributed by atoms with E-state index in [1.807, 2.05) is 25.1 Å². The Bertz CT molecular complexity index is 1270. The zero-order chi connectivity index (χ0) is 22.9. The van der Waals surface area contributed by atoms with Crippen molar-refractivity contribution in [2.45, 2.75) is 26.6 Å². The van der Waals surface area contributed by atoms with Crippen LogP contribution in [0.5, 0.6) is 0 Å². The van der Waals surface area contributed by atoms with Crippen LogP contribution in [-0.4, -0.2) is 32.4 Å². The number of rotatable bonds is 6. The highest BCUT2D eigenvalue weighted by molar-refractivity contribution is 5.93. The normalized spacial score (nSPS) is 11.7. The van der Waals surface area contributed by atoms with Crippen LogP contribution in [0.1, 0.15) is 18.1 Å². The number of fused-ring (bicyclic) bond motifs is 1. The van der Waals surface area contributed by atoms with Gasteiger partial charge >= 0.3 is 6.18 Å². The number of carbonyl (C=O) groups excluding carboxylic acids is 1. The second kappa shape index (κ2) is 8.37. The van der Waals surface area contributed by atoms with E-state index in [1.54, 1.807) is 12.4 Å². The fourth-order valence-corrected chi connectivity index (χ4v) is 3.45. The first-order chi connectivity index (χ1) is 15.2. The minimum absolute atomic E-state index is 0.0847. The Morgan fingerprint density at radius 3 is 2.72 bits per heavy atom. The number of amides is 1. The van der Waals surface area contributed by atoms with Crippen molar-refractivity contribution in [2.75, 3.05) is 17.2 Å². The van der Waals surface area contributed by atoms with Gasteiger partial charge in [0.05, 0.1) is 17.3 Å². The van der Waals surface area contributed by atoms with Gasteiger partial charge < -0.3 is 10.6 Å². The highest BCUT2D eigenvalue weighted by Crippen LogP contribution is 2.33. The third-order valence-electron chi connectivity index (χ3n) is 5.01. The number of benzene rings is 2. The molecule has 4 aromatic rings. The predicted molar refractivity (Wildman–Crippen MR) is 116 cm³/mol. The number of alkyl halides is 3. The summed E-state index contributed by atoms with van der Waals surface area (Å²) in [5.74, 6) is 0.308. The van der Waals surface area contributed by atoms with Crippen molar-refractivity contribution in [3.05, 3.63) is 59.9 Å². The summed E-state index contributed by atoms with van der Waals surface area (Å²) in [5, 5.41) is 18.1. The number of halogens is 3. The van der Waals surface area contributed by atoms with Crippen LogP contribution in [0, 0.1) is 6.92 Å². The summed E-state index contributed by atoms with van der Waals surface area (Å²) in [6.07, 6.45) is -1.15. The Hall–Kier alpha value is -3.82. The maximum Gasteiger partial charge on any atom is 0.416 e. The van der Waals surface area contributed by atoms with Gasteiger partial charge in [-0.05, 0) is 49.2 Å². The lowest BCUT2D eigenvalue weighted by atomic mass is 10.1. The summed E-state index contributed by atoms with van der Waals surface area (Å²) in [7, 11) is 0. The quantitative estimate of drug-likeness (QED) is 0.399. The molecule has 0 saturated heterocycles. The summed E-state index contributed by atoms with van der Waals surface area (Å²) in [6, 6.07) is 9.53. The molecule has 0 aliphatic rings. The lowest BCUT2D eigenvalue weighted by Gasteiger charge is -2.12. The SMILES string of the molecule is CCNc1n[nH]c2cc(-c3cnn(CC(=O)Nc4ccc(C)c(C(F)(F)F)c4)c3)ccc12. The first kappa shape index (κ1) is 21.4. The van der Waals surface area contributed by atoms with Crippen LogP contribution in [0.25, 0.3) is 22.0 Å². The maximum atomic E-state index is 13.1. The molecule has 0 fully saturated rings. The van der Waals surface area contributed by atoms with Crippen LogP contribution in [0.3, 0.4) is 0 Å². The molecule has 4 rings (SSSR count). The number of hydrogen-bond donors (Lipinski definition) is 3. The first-order valence-corrected chi connectivity index (χ1v) is 9.97. The van der Waals surface area contributed by atoms with Gasteiger partial charge in [0.2, 0.25) is 5.91 Å². The molecule has 10 heteroatoms. The summed E-state index contributed by atoms with van der Waals surface area (Å²) in [6.45, 7) is 4.00. The molecule has 0 aliphatic carbocycles. The van der Waals surface area contributed by atoms with Crippen molar-refractivity contribution in [1.82, 2.24) is 20.0 Å². The zero-order valence-corrected chi connectivity index (χ0v) is 17.4. The van der Waals surface area contributed by atoms with E-state index >= 15 is 0 Å². The van der Waals surface area contributed by atoms with Gasteiger partial charge in [0.1, 0.15) is 6.54 Å². The molecule has 1 amide bonds. The summed E-state index contributed by atoms with van der Waals surface area (Å²) < 4.78 is 40.7. The van der Waals surface area contributed by atoms with Gasteiger partial charge in [-0.1, -0.05) is 12.1 Å². The average Bonchev–Trinajstić information content (AvgIpc) is 3.36. The Balaban J connectivity index is 1.46. The smallest absolute Gasteiger partial charge is 0.368 e. The molecule has 0 radical (unpaired) electrons. The van der Waals surface area contributed by atoms with Crippen LogP contribution in [-0.2, 0) is 17.5 Å². The van der Waals surface area contributed by atoms with Crippen molar-refractivity contribution < 1.29 is 18.0 Å². The second-order valence-corrected chi connectivity index (χ2v) is 7.37. The van der Waals surface area contributed by atoms with E-state index in [9.17, 15) is 18.0 Å². The molecule has 0 unspecified atom stereocenters. The Kier molecular flexibility index (Phi) is 5.60. The van der Waals surface area contributed by atoms with Gasteiger partial charge in [-0.25, -0.2) is 0 Å². The topological polar surface area (TPSA) is 87.6 Å². The number of aromatic nitrogens is 4. The molecular formula is C22H21F3N6O. The van der Waals surface area contributed by atoms with E-state index in [2.05, 4.69) is 25.9 Å². The molecular weight excluding hydrogens is 421 g/mol. The molecule has 2 aromatic carbocycles. The summed E-state index contributed by atoms with van der Waals surface area (Å²) in [5.41, 5.74) is 1.96. The van der Waals surface area contributed by atoms with Crippen molar-refractivity contribution in [3.63, 3.8) is 0 Å². The van der Waals surface area contributed by atoms with Gasteiger partial charge in [0, 0.05) is 29.4 Å². The largest absolute Gasteiger partial charge is 0.416 e. The van der Waals surface area contributed by atoms with Crippen molar-refractivity contribution in [2.24, 2.45) is 0 Å². The minimum Gasteiger partial charge on any atom is -0.368 e. The lowest BCUT2D eigenvalue weighted by Crippen LogP contribution is -2.19. The molecule has 3 N–H and O–H groups in total. The fraction of sp³-hybridized carbons (Fsp3) is 0.227. The number of aryl methyl sites for hydroxylation is 1. The Morgan fingerprint density at radius 1 is 1.16 bits per heavy atom. The molecule has 0 bridgehead atoms.